The van der Waals surface area contributed by atoms with Crippen LogP contribution >= 0.6 is 24.0 Å². The van der Waals surface area contributed by atoms with E-state index in [1.165, 1.54) is 15.4 Å². The molecule has 1 aromatic carbocycles. The van der Waals surface area contributed by atoms with Crippen LogP contribution in [-0.4, -0.2) is 75.8 Å². The van der Waals surface area contributed by atoms with E-state index in [9.17, 15) is 8.42 Å². The number of nitrogens with one attached hydrogen (secondary N) is 1. The maximum Gasteiger partial charge on any atom is 0.216 e. The van der Waals surface area contributed by atoms with Gasteiger partial charge in [0.2, 0.25) is 10.0 Å². The molecular formula is C19H33IN4O3S. The fourth-order valence-corrected chi connectivity index (χ4v) is 4.21. The largest absolute Gasteiger partial charge is 0.379 e. The van der Waals surface area contributed by atoms with Crippen LogP contribution in [0.1, 0.15) is 25.0 Å². The number of aryl methyl sites for hydroxylation is 1. The van der Waals surface area contributed by atoms with Gasteiger partial charge in [-0.1, -0.05) is 31.2 Å². The summed E-state index contributed by atoms with van der Waals surface area (Å²) >= 11 is 0. The van der Waals surface area contributed by atoms with Crippen molar-refractivity contribution in [2.75, 3.05) is 52.2 Å². The quantitative estimate of drug-likeness (QED) is 0.320. The summed E-state index contributed by atoms with van der Waals surface area (Å²) in [6, 6.07) is 8.54. The van der Waals surface area contributed by atoms with Crippen LogP contribution in [0.5, 0.6) is 0 Å². The molecule has 1 N–H and O–H groups in total. The van der Waals surface area contributed by atoms with E-state index in [0.717, 1.165) is 13.0 Å². The Hall–Kier alpha value is -0.910. The van der Waals surface area contributed by atoms with E-state index in [0.29, 0.717) is 38.8 Å². The van der Waals surface area contributed by atoms with Crippen molar-refractivity contribution >= 4 is 40.0 Å². The van der Waals surface area contributed by atoms with Crippen LogP contribution < -0.4 is 5.32 Å². The predicted octanol–water partition coefficient (Wildman–Crippen LogP) is 1.93. The van der Waals surface area contributed by atoms with Gasteiger partial charge in [-0.25, -0.2) is 8.42 Å². The van der Waals surface area contributed by atoms with Crippen molar-refractivity contribution in [3.63, 3.8) is 0 Å². The average molecular weight is 524 g/mol. The normalized spacial score (nSPS) is 15.8. The molecule has 0 saturated carbocycles. The number of morpholine rings is 1. The van der Waals surface area contributed by atoms with Crippen molar-refractivity contribution in [2.24, 2.45) is 4.99 Å². The van der Waals surface area contributed by atoms with Crippen molar-refractivity contribution in [1.29, 1.82) is 0 Å². The second kappa shape index (κ2) is 12.6. The molecule has 28 heavy (non-hydrogen) atoms. The zero-order valence-corrected chi connectivity index (χ0v) is 20.2. The summed E-state index contributed by atoms with van der Waals surface area (Å²) in [7, 11) is -1.32. The van der Waals surface area contributed by atoms with Gasteiger partial charge in [-0.3, -0.25) is 4.99 Å². The Morgan fingerprint density at radius 1 is 1.18 bits per heavy atom. The summed E-state index contributed by atoms with van der Waals surface area (Å²) in [5.74, 6) is 0.732. The first-order valence-corrected chi connectivity index (χ1v) is 11.2. The molecule has 0 atom stereocenters. The van der Waals surface area contributed by atoms with Crippen molar-refractivity contribution < 1.29 is 13.2 Å². The number of hydrogen-bond donors (Lipinski definition) is 1. The summed E-state index contributed by atoms with van der Waals surface area (Å²) in [5.41, 5.74) is 2.51. The summed E-state index contributed by atoms with van der Waals surface area (Å²) in [4.78, 5) is 6.54. The number of benzene rings is 1. The smallest absolute Gasteiger partial charge is 0.216 e. The van der Waals surface area contributed by atoms with Crippen LogP contribution in [0.4, 0.5) is 0 Å². The lowest BCUT2D eigenvalue weighted by atomic mass is 10.1. The maximum absolute atomic E-state index is 12.4. The minimum absolute atomic E-state index is 0. The first-order chi connectivity index (χ1) is 13.0. The Bertz CT molecular complexity index is 704. The highest BCUT2D eigenvalue weighted by Crippen LogP contribution is 2.08. The van der Waals surface area contributed by atoms with Crippen molar-refractivity contribution in [3.05, 3.63) is 35.4 Å². The molecule has 0 aliphatic carbocycles. The van der Waals surface area contributed by atoms with Crippen LogP contribution in [0.3, 0.4) is 0 Å². The number of rotatable bonds is 8. The Labute approximate surface area is 186 Å². The van der Waals surface area contributed by atoms with E-state index >= 15 is 0 Å². The maximum atomic E-state index is 12.4. The third-order valence-corrected chi connectivity index (χ3v) is 6.37. The average Bonchev–Trinajstić information content (AvgIpc) is 2.68. The van der Waals surface area contributed by atoms with E-state index in [-0.39, 0.29) is 36.3 Å². The first kappa shape index (κ1) is 25.1. The minimum atomic E-state index is -3.29. The molecule has 160 valence electrons. The molecule has 1 heterocycles. The molecule has 0 amide bonds. The van der Waals surface area contributed by atoms with E-state index in [1.54, 1.807) is 0 Å². The monoisotopic (exact) mass is 524 g/mol. The topological polar surface area (TPSA) is 74.2 Å². The first-order valence-electron chi connectivity index (χ1n) is 9.59. The molecule has 9 heteroatoms. The molecule has 7 nitrogen and oxygen atoms in total. The van der Waals surface area contributed by atoms with Crippen molar-refractivity contribution in [3.8, 4) is 0 Å². The van der Waals surface area contributed by atoms with Gasteiger partial charge in [0.25, 0.3) is 0 Å². The van der Waals surface area contributed by atoms with E-state index in [1.807, 2.05) is 18.9 Å². The standard InChI is InChI=1S/C19H32N4O3S.HI/c1-4-17-6-8-18(9-7-17)16-22(3)19(20-5-2)21-10-15-27(24,25)23-11-13-26-14-12-23;/h6-9H,4-5,10-16H2,1-3H3,(H,20,21);1H. The Balaban J connectivity index is 0.00000392. The molecule has 1 saturated heterocycles. The van der Waals surface area contributed by atoms with E-state index in [2.05, 4.69) is 41.5 Å². The van der Waals surface area contributed by atoms with Crippen LogP contribution in [0.2, 0.25) is 0 Å². The second-order valence-electron chi connectivity index (χ2n) is 6.59. The van der Waals surface area contributed by atoms with Gasteiger partial charge in [0.1, 0.15) is 0 Å². The van der Waals surface area contributed by atoms with Crippen molar-refractivity contribution in [1.82, 2.24) is 14.5 Å². The number of nitrogens with zero attached hydrogens (tertiary/aromatic N) is 3. The van der Waals surface area contributed by atoms with Crippen LogP contribution in [0, 0.1) is 0 Å². The van der Waals surface area contributed by atoms with Crippen LogP contribution in [0.15, 0.2) is 29.3 Å². The molecule has 0 unspecified atom stereocenters. The van der Waals surface area contributed by atoms with Gasteiger partial charge in [0.05, 0.1) is 25.5 Å². The molecule has 1 aliphatic rings. The van der Waals surface area contributed by atoms with Crippen LogP contribution in [0.25, 0.3) is 0 Å². The lowest BCUT2D eigenvalue weighted by Gasteiger charge is -2.26. The highest BCUT2D eigenvalue weighted by Gasteiger charge is 2.23. The minimum Gasteiger partial charge on any atom is -0.379 e. The van der Waals surface area contributed by atoms with Gasteiger partial charge in [-0.15, -0.1) is 24.0 Å². The number of halogens is 1. The molecule has 0 bridgehead atoms. The molecule has 1 aromatic rings. The van der Waals surface area contributed by atoms with Crippen molar-refractivity contribution in [2.45, 2.75) is 26.8 Å². The number of guanidine groups is 1. The van der Waals surface area contributed by atoms with Gasteiger partial charge >= 0.3 is 0 Å². The number of ether oxygens (including phenoxy) is 1. The lowest BCUT2D eigenvalue weighted by Crippen LogP contribution is -2.42. The Kier molecular flexibility index (Phi) is 11.3. The summed E-state index contributed by atoms with van der Waals surface area (Å²) < 4.78 is 31.5. The molecular weight excluding hydrogens is 491 g/mol. The highest BCUT2D eigenvalue weighted by atomic mass is 127. The molecule has 0 radical (unpaired) electrons. The highest BCUT2D eigenvalue weighted by molar-refractivity contribution is 14.0. The second-order valence-corrected chi connectivity index (χ2v) is 8.68. The van der Waals surface area contributed by atoms with Gasteiger partial charge in [0.15, 0.2) is 5.96 Å². The fourth-order valence-electron chi connectivity index (χ4n) is 2.92. The lowest BCUT2D eigenvalue weighted by molar-refractivity contribution is 0.0731. The third-order valence-electron chi connectivity index (χ3n) is 4.52. The molecule has 0 aromatic heterocycles. The molecule has 1 aliphatic heterocycles. The van der Waals surface area contributed by atoms with Gasteiger partial charge in [-0.2, -0.15) is 4.31 Å². The number of hydrogen-bond acceptors (Lipinski definition) is 4. The zero-order chi connectivity index (χ0) is 19.7. The number of aliphatic imine (C=N–C) groups is 1. The fraction of sp³-hybridized carbons (Fsp3) is 0.632. The summed E-state index contributed by atoms with van der Waals surface area (Å²) in [6.45, 7) is 7.61. The Morgan fingerprint density at radius 3 is 2.36 bits per heavy atom. The van der Waals surface area contributed by atoms with Crippen LogP contribution in [-0.2, 0) is 27.7 Å². The third kappa shape index (κ3) is 7.84. The number of sulfonamides is 1. The molecule has 0 spiro atoms. The van der Waals surface area contributed by atoms with Gasteiger partial charge in [0, 0.05) is 33.2 Å². The van der Waals surface area contributed by atoms with Gasteiger partial charge < -0.3 is 15.0 Å². The van der Waals surface area contributed by atoms with Gasteiger partial charge in [-0.05, 0) is 24.5 Å². The predicted molar refractivity (Wildman–Crippen MR) is 125 cm³/mol. The SMILES string of the molecule is CCNC(=NCCS(=O)(=O)N1CCOCC1)N(C)Cc1ccc(CC)cc1.I. The molecule has 2 rings (SSSR count). The summed E-state index contributed by atoms with van der Waals surface area (Å²) in [5, 5.41) is 3.24. The Morgan fingerprint density at radius 2 is 1.79 bits per heavy atom. The van der Waals surface area contributed by atoms with E-state index in [4.69, 9.17) is 4.74 Å². The summed E-state index contributed by atoms with van der Waals surface area (Å²) in [6.07, 6.45) is 1.03. The van der Waals surface area contributed by atoms with E-state index < -0.39 is 10.0 Å². The zero-order valence-electron chi connectivity index (χ0n) is 17.1. The molecule has 1 fully saturated rings.